The van der Waals surface area contributed by atoms with Gasteiger partial charge in [0.25, 0.3) is 0 Å². The third kappa shape index (κ3) is 3.97. The van der Waals surface area contributed by atoms with Crippen molar-refractivity contribution in [1.82, 2.24) is 10.1 Å². The van der Waals surface area contributed by atoms with Gasteiger partial charge in [-0.1, -0.05) is 5.16 Å². The fourth-order valence-electron chi connectivity index (χ4n) is 1.22. The highest BCUT2D eigenvalue weighted by Gasteiger charge is 2.12. The van der Waals surface area contributed by atoms with Crippen LogP contribution in [-0.2, 0) is 11.2 Å². The van der Waals surface area contributed by atoms with E-state index in [9.17, 15) is 0 Å². The number of hydrogen-bond donors (Lipinski definition) is 1. The zero-order valence-electron chi connectivity index (χ0n) is 9.56. The fourth-order valence-corrected chi connectivity index (χ4v) is 1.22. The van der Waals surface area contributed by atoms with Crippen molar-refractivity contribution in [2.24, 2.45) is 5.73 Å². The molecular weight excluding hydrogens is 194 g/mol. The molecule has 15 heavy (non-hydrogen) atoms. The van der Waals surface area contributed by atoms with Gasteiger partial charge in [-0.15, -0.1) is 0 Å². The standard InChI is InChI=1S/C10H19N3O2/c1-7(11)5-4-6-9-12-10(13-15-9)8(2)14-3/h7-8H,4-6,11H2,1-3H3. The zero-order valence-corrected chi connectivity index (χ0v) is 9.56. The summed E-state index contributed by atoms with van der Waals surface area (Å²) in [5, 5.41) is 3.84. The molecule has 0 fully saturated rings. The summed E-state index contributed by atoms with van der Waals surface area (Å²) in [6, 6.07) is 0.227. The van der Waals surface area contributed by atoms with Crippen molar-refractivity contribution in [3.8, 4) is 0 Å². The molecule has 0 aromatic carbocycles. The molecule has 0 radical (unpaired) electrons. The summed E-state index contributed by atoms with van der Waals surface area (Å²) >= 11 is 0. The lowest BCUT2D eigenvalue weighted by atomic mass is 10.1. The maximum absolute atomic E-state index is 5.64. The second-order valence-electron chi connectivity index (χ2n) is 3.79. The van der Waals surface area contributed by atoms with Crippen molar-refractivity contribution < 1.29 is 9.26 Å². The second kappa shape index (κ2) is 5.82. The van der Waals surface area contributed by atoms with Gasteiger partial charge in [-0.3, -0.25) is 0 Å². The van der Waals surface area contributed by atoms with Crippen molar-refractivity contribution in [2.45, 2.75) is 45.3 Å². The van der Waals surface area contributed by atoms with E-state index >= 15 is 0 Å². The first kappa shape index (κ1) is 12.1. The molecule has 2 N–H and O–H groups in total. The van der Waals surface area contributed by atoms with E-state index in [2.05, 4.69) is 10.1 Å². The molecule has 0 saturated heterocycles. The number of aryl methyl sites for hydroxylation is 1. The lowest BCUT2D eigenvalue weighted by Crippen LogP contribution is -2.14. The van der Waals surface area contributed by atoms with E-state index in [1.807, 2.05) is 13.8 Å². The molecule has 1 heterocycles. The van der Waals surface area contributed by atoms with Gasteiger partial charge in [0.15, 0.2) is 5.82 Å². The Kier molecular flexibility index (Phi) is 4.71. The van der Waals surface area contributed by atoms with Crippen LogP contribution in [0.3, 0.4) is 0 Å². The number of nitrogens with two attached hydrogens (primary N) is 1. The molecule has 0 aliphatic heterocycles. The van der Waals surface area contributed by atoms with E-state index in [1.54, 1.807) is 7.11 Å². The maximum atomic E-state index is 5.64. The van der Waals surface area contributed by atoms with Gasteiger partial charge in [0.2, 0.25) is 5.89 Å². The summed E-state index contributed by atoms with van der Waals surface area (Å²) < 4.78 is 10.2. The van der Waals surface area contributed by atoms with E-state index in [-0.39, 0.29) is 12.1 Å². The van der Waals surface area contributed by atoms with Gasteiger partial charge in [0, 0.05) is 19.6 Å². The Morgan fingerprint density at radius 2 is 2.20 bits per heavy atom. The molecule has 2 unspecified atom stereocenters. The van der Waals surface area contributed by atoms with E-state index in [4.69, 9.17) is 15.0 Å². The Bertz CT molecular complexity index is 286. The van der Waals surface area contributed by atoms with E-state index in [1.165, 1.54) is 0 Å². The van der Waals surface area contributed by atoms with Gasteiger partial charge >= 0.3 is 0 Å². The second-order valence-corrected chi connectivity index (χ2v) is 3.79. The zero-order chi connectivity index (χ0) is 11.3. The summed E-state index contributed by atoms with van der Waals surface area (Å²) in [5.41, 5.74) is 5.64. The highest BCUT2D eigenvalue weighted by Crippen LogP contribution is 2.12. The molecule has 5 heteroatoms. The van der Waals surface area contributed by atoms with Crippen LogP contribution in [-0.4, -0.2) is 23.3 Å². The Hall–Kier alpha value is -0.940. The molecule has 0 amide bonds. The molecule has 5 nitrogen and oxygen atoms in total. The molecule has 0 aliphatic rings. The summed E-state index contributed by atoms with van der Waals surface area (Å²) in [6.07, 6.45) is 2.61. The molecule has 1 aromatic heterocycles. The van der Waals surface area contributed by atoms with Crippen molar-refractivity contribution >= 4 is 0 Å². The Labute approximate surface area is 90.0 Å². The molecule has 1 rings (SSSR count). The normalized spacial score (nSPS) is 15.2. The molecule has 0 saturated carbocycles. The van der Waals surface area contributed by atoms with Gasteiger partial charge in [-0.25, -0.2) is 0 Å². The van der Waals surface area contributed by atoms with Crippen LogP contribution >= 0.6 is 0 Å². The van der Waals surface area contributed by atoms with Crippen LogP contribution in [0.4, 0.5) is 0 Å². The van der Waals surface area contributed by atoms with Crippen LogP contribution in [0, 0.1) is 0 Å². The van der Waals surface area contributed by atoms with Crippen molar-refractivity contribution in [3.05, 3.63) is 11.7 Å². The SMILES string of the molecule is COC(C)c1noc(CCCC(C)N)n1. The summed E-state index contributed by atoms with van der Waals surface area (Å²) in [4.78, 5) is 4.23. The van der Waals surface area contributed by atoms with Crippen molar-refractivity contribution in [2.75, 3.05) is 7.11 Å². The van der Waals surface area contributed by atoms with E-state index in [0.29, 0.717) is 11.7 Å². The number of rotatable bonds is 6. The van der Waals surface area contributed by atoms with Crippen LogP contribution in [0.1, 0.15) is 44.5 Å². The Balaban J connectivity index is 2.39. The predicted molar refractivity (Wildman–Crippen MR) is 56.3 cm³/mol. The quantitative estimate of drug-likeness (QED) is 0.774. The van der Waals surface area contributed by atoms with Crippen LogP contribution in [0.5, 0.6) is 0 Å². The summed E-state index contributed by atoms with van der Waals surface area (Å²) in [6.45, 7) is 3.88. The lowest BCUT2D eigenvalue weighted by molar-refractivity contribution is 0.109. The fraction of sp³-hybridized carbons (Fsp3) is 0.800. The first-order valence-corrected chi connectivity index (χ1v) is 5.24. The maximum Gasteiger partial charge on any atom is 0.226 e. The minimum atomic E-state index is -0.115. The van der Waals surface area contributed by atoms with Gasteiger partial charge in [0.05, 0.1) is 0 Å². The minimum Gasteiger partial charge on any atom is -0.374 e. The molecule has 0 spiro atoms. The Morgan fingerprint density at radius 3 is 2.80 bits per heavy atom. The van der Waals surface area contributed by atoms with Crippen LogP contribution in [0.25, 0.3) is 0 Å². The Morgan fingerprint density at radius 1 is 1.47 bits per heavy atom. The lowest BCUT2D eigenvalue weighted by Gasteiger charge is -2.02. The number of aromatic nitrogens is 2. The largest absolute Gasteiger partial charge is 0.374 e. The number of hydrogen-bond acceptors (Lipinski definition) is 5. The number of methoxy groups -OCH3 is 1. The molecule has 2 atom stereocenters. The smallest absolute Gasteiger partial charge is 0.226 e. The molecule has 0 bridgehead atoms. The molecular formula is C10H19N3O2. The highest BCUT2D eigenvalue weighted by atomic mass is 16.5. The summed E-state index contributed by atoms with van der Waals surface area (Å²) in [5.74, 6) is 1.27. The topological polar surface area (TPSA) is 74.2 Å². The van der Waals surface area contributed by atoms with E-state index < -0.39 is 0 Å². The van der Waals surface area contributed by atoms with Crippen LogP contribution in [0.15, 0.2) is 4.52 Å². The van der Waals surface area contributed by atoms with Crippen molar-refractivity contribution in [3.63, 3.8) is 0 Å². The first-order valence-electron chi connectivity index (χ1n) is 5.24. The predicted octanol–water partition coefficient (Wildman–Crippen LogP) is 1.45. The van der Waals surface area contributed by atoms with Gasteiger partial charge in [-0.05, 0) is 26.7 Å². The number of ether oxygens (including phenoxy) is 1. The molecule has 86 valence electrons. The monoisotopic (exact) mass is 213 g/mol. The highest BCUT2D eigenvalue weighted by molar-refractivity contribution is 4.89. The third-order valence-electron chi connectivity index (χ3n) is 2.25. The average molecular weight is 213 g/mol. The molecule has 0 aliphatic carbocycles. The first-order chi connectivity index (χ1) is 7.13. The van der Waals surface area contributed by atoms with Crippen LogP contribution < -0.4 is 5.73 Å². The minimum absolute atomic E-state index is 0.115. The van der Waals surface area contributed by atoms with Gasteiger partial charge in [-0.2, -0.15) is 4.98 Å². The van der Waals surface area contributed by atoms with E-state index in [0.717, 1.165) is 19.3 Å². The van der Waals surface area contributed by atoms with Crippen LogP contribution in [0.2, 0.25) is 0 Å². The third-order valence-corrected chi connectivity index (χ3v) is 2.25. The average Bonchev–Trinajstić information content (AvgIpc) is 2.65. The number of nitrogens with zero attached hydrogens (tertiary/aromatic N) is 2. The summed E-state index contributed by atoms with van der Waals surface area (Å²) in [7, 11) is 1.62. The van der Waals surface area contributed by atoms with Gasteiger partial charge in [0.1, 0.15) is 6.10 Å². The van der Waals surface area contributed by atoms with Gasteiger partial charge < -0.3 is 15.0 Å². The molecule has 1 aromatic rings. The van der Waals surface area contributed by atoms with Crippen molar-refractivity contribution in [1.29, 1.82) is 0 Å².